The first-order chi connectivity index (χ1) is 8.29. The average molecular weight is 236 g/mol. The lowest BCUT2D eigenvalue weighted by Gasteiger charge is -2.41. The third kappa shape index (κ3) is 3.82. The first-order valence-electron chi connectivity index (χ1n) is 7.33. The molecular weight excluding hydrogens is 208 g/mol. The summed E-state index contributed by atoms with van der Waals surface area (Å²) in [6, 6.07) is 0.883. The third-order valence-corrected chi connectivity index (χ3v) is 4.56. The van der Waals surface area contributed by atoms with Gasteiger partial charge in [-0.25, -0.2) is 0 Å². The molecule has 2 aliphatic rings. The summed E-state index contributed by atoms with van der Waals surface area (Å²) >= 11 is 0. The summed E-state index contributed by atoms with van der Waals surface area (Å²) in [6.07, 6.45) is 11.4. The molecule has 0 aromatic carbocycles. The molecule has 0 spiro atoms. The van der Waals surface area contributed by atoms with Gasteiger partial charge >= 0.3 is 0 Å². The minimum Gasteiger partial charge on any atom is -0.306 e. The fourth-order valence-electron chi connectivity index (χ4n) is 3.24. The maximum Gasteiger partial charge on any atom is 0.0120 e. The number of nitrogens with zero attached hydrogens (tertiary/aromatic N) is 2. The van der Waals surface area contributed by atoms with Crippen molar-refractivity contribution in [3.8, 4) is 0 Å². The third-order valence-electron chi connectivity index (χ3n) is 4.56. The van der Waals surface area contributed by atoms with E-state index in [1.807, 2.05) is 0 Å². The van der Waals surface area contributed by atoms with Crippen LogP contribution in [0.5, 0.6) is 0 Å². The fourth-order valence-corrected chi connectivity index (χ4v) is 3.24. The van der Waals surface area contributed by atoms with Crippen LogP contribution in [0.2, 0.25) is 0 Å². The summed E-state index contributed by atoms with van der Waals surface area (Å²) in [7, 11) is 2.25. The average Bonchev–Trinajstić information content (AvgIpc) is 2.38. The second-order valence-electron chi connectivity index (χ2n) is 5.82. The van der Waals surface area contributed by atoms with Crippen molar-refractivity contribution in [2.75, 3.05) is 33.2 Å². The van der Waals surface area contributed by atoms with Crippen molar-refractivity contribution in [1.82, 2.24) is 9.80 Å². The molecule has 2 saturated heterocycles. The van der Waals surface area contributed by atoms with E-state index in [-0.39, 0.29) is 0 Å². The van der Waals surface area contributed by atoms with E-state index >= 15 is 0 Å². The van der Waals surface area contributed by atoms with Crippen LogP contribution >= 0.6 is 0 Å². The molecule has 0 unspecified atom stereocenters. The molecule has 17 heavy (non-hydrogen) atoms. The Morgan fingerprint density at radius 3 is 2.24 bits per heavy atom. The van der Waals surface area contributed by atoms with Crippen molar-refractivity contribution in [3.05, 3.63) is 12.2 Å². The summed E-state index contributed by atoms with van der Waals surface area (Å²) in [4.78, 5) is 5.23. The Labute approximate surface area is 107 Å². The zero-order valence-electron chi connectivity index (χ0n) is 11.6. The van der Waals surface area contributed by atoms with E-state index in [1.54, 1.807) is 0 Å². The molecule has 2 rings (SSSR count). The van der Waals surface area contributed by atoms with Gasteiger partial charge in [0.15, 0.2) is 0 Å². The van der Waals surface area contributed by atoms with Gasteiger partial charge in [0.2, 0.25) is 0 Å². The molecule has 2 heterocycles. The van der Waals surface area contributed by atoms with E-state index in [0.29, 0.717) is 0 Å². The molecule has 0 aliphatic carbocycles. The van der Waals surface area contributed by atoms with Gasteiger partial charge in [-0.2, -0.15) is 0 Å². The second kappa shape index (κ2) is 6.55. The number of rotatable bonds is 3. The Morgan fingerprint density at radius 2 is 1.65 bits per heavy atom. The zero-order chi connectivity index (χ0) is 12.1. The van der Waals surface area contributed by atoms with E-state index in [4.69, 9.17) is 0 Å². The highest BCUT2D eigenvalue weighted by molar-refractivity contribution is 4.86. The zero-order valence-corrected chi connectivity index (χ0v) is 11.6. The molecule has 98 valence electrons. The van der Waals surface area contributed by atoms with Crippen molar-refractivity contribution in [2.24, 2.45) is 5.92 Å². The summed E-state index contributed by atoms with van der Waals surface area (Å²) < 4.78 is 0. The lowest BCUT2D eigenvalue weighted by atomic mass is 9.91. The monoisotopic (exact) mass is 236 g/mol. The van der Waals surface area contributed by atoms with Gasteiger partial charge in [-0.15, -0.1) is 0 Å². The minimum absolute atomic E-state index is 0.883. The van der Waals surface area contributed by atoms with Crippen LogP contribution in [0.25, 0.3) is 0 Å². The molecule has 2 fully saturated rings. The van der Waals surface area contributed by atoms with E-state index < -0.39 is 0 Å². The first-order valence-corrected chi connectivity index (χ1v) is 7.33. The van der Waals surface area contributed by atoms with Gasteiger partial charge in [0.25, 0.3) is 0 Å². The number of hydrogen-bond acceptors (Lipinski definition) is 2. The standard InChI is InChI=1S/C15H28N2/c1-3-4-5-14-6-12-17(13-7-14)15-8-10-16(2)11-9-15/h3-4,14-15H,5-13H2,1-2H3/b4-3+. The molecule has 0 aromatic heterocycles. The molecule has 0 bridgehead atoms. The van der Waals surface area contributed by atoms with Crippen molar-refractivity contribution < 1.29 is 0 Å². The van der Waals surface area contributed by atoms with Crippen molar-refractivity contribution in [1.29, 1.82) is 0 Å². The van der Waals surface area contributed by atoms with Crippen molar-refractivity contribution >= 4 is 0 Å². The molecule has 0 atom stereocenters. The molecule has 0 aromatic rings. The molecular formula is C15H28N2. The van der Waals surface area contributed by atoms with Crippen molar-refractivity contribution in [2.45, 2.75) is 45.1 Å². The van der Waals surface area contributed by atoms with Gasteiger partial charge in [0, 0.05) is 6.04 Å². The Hall–Kier alpha value is -0.340. The highest BCUT2D eigenvalue weighted by Crippen LogP contribution is 2.25. The molecule has 2 aliphatic heterocycles. The summed E-state index contributed by atoms with van der Waals surface area (Å²) in [6.45, 7) is 7.41. The summed E-state index contributed by atoms with van der Waals surface area (Å²) in [5.74, 6) is 0.953. The maximum atomic E-state index is 2.76. The normalized spacial score (nSPS) is 26.9. The smallest absolute Gasteiger partial charge is 0.0120 e. The topological polar surface area (TPSA) is 6.48 Å². The Kier molecular flexibility index (Phi) is 5.05. The maximum absolute atomic E-state index is 2.76. The number of piperidine rings is 2. The van der Waals surface area contributed by atoms with Crippen LogP contribution < -0.4 is 0 Å². The highest BCUT2D eigenvalue weighted by atomic mass is 15.2. The van der Waals surface area contributed by atoms with E-state index in [0.717, 1.165) is 12.0 Å². The summed E-state index contributed by atoms with van der Waals surface area (Å²) in [5.41, 5.74) is 0. The molecule has 2 nitrogen and oxygen atoms in total. The van der Waals surface area contributed by atoms with Crippen molar-refractivity contribution in [3.63, 3.8) is 0 Å². The van der Waals surface area contributed by atoms with E-state index in [1.165, 1.54) is 58.3 Å². The number of hydrogen-bond donors (Lipinski definition) is 0. The lowest BCUT2D eigenvalue weighted by Crippen LogP contribution is -2.46. The second-order valence-corrected chi connectivity index (χ2v) is 5.82. The van der Waals surface area contributed by atoms with Crippen LogP contribution in [0.3, 0.4) is 0 Å². The lowest BCUT2D eigenvalue weighted by molar-refractivity contribution is 0.0860. The molecule has 0 amide bonds. The fraction of sp³-hybridized carbons (Fsp3) is 0.867. The van der Waals surface area contributed by atoms with Crippen LogP contribution in [-0.2, 0) is 0 Å². The minimum atomic E-state index is 0.883. The van der Waals surface area contributed by atoms with Crippen LogP contribution in [-0.4, -0.2) is 49.1 Å². The van der Waals surface area contributed by atoms with E-state index in [2.05, 4.69) is 35.9 Å². The highest BCUT2D eigenvalue weighted by Gasteiger charge is 2.26. The molecule has 0 radical (unpaired) electrons. The van der Waals surface area contributed by atoms with Crippen LogP contribution in [0, 0.1) is 5.92 Å². The van der Waals surface area contributed by atoms with Gasteiger partial charge in [-0.05, 0) is 78.2 Å². The first kappa shape index (κ1) is 13.1. The van der Waals surface area contributed by atoms with Crippen LogP contribution in [0.4, 0.5) is 0 Å². The summed E-state index contributed by atoms with van der Waals surface area (Å²) in [5, 5.41) is 0. The van der Waals surface area contributed by atoms with Gasteiger partial charge in [-0.1, -0.05) is 12.2 Å². The predicted octanol–water partition coefficient (Wildman–Crippen LogP) is 2.76. The van der Waals surface area contributed by atoms with Crippen LogP contribution in [0.1, 0.15) is 39.0 Å². The Bertz CT molecular complexity index is 233. The quantitative estimate of drug-likeness (QED) is 0.695. The van der Waals surface area contributed by atoms with Gasteiger partial charge in [-0.3, -0.25) is 0 Å². The number of likely N-dealkylation sites (tertiary alicyclic amines) is 2. The Morgan fingerprint density at radius 1 is 1.00 bits per heavy atom. The molecule has 0 N–H and O–H groups in total. The van der Waals surface area contributed by atoms with E-state index in [9.17, 15) is 0 Å². The molecule has 0 saturated carbocycles. The van der Waals surface area contributed by atoms with Crippen LogP contribution in [0.15, 0.2) is 12.2 Å². The largest absolute Gasteiger partial charge is 0.306 e. The number of allylic oxidation sites excluding steroid dienone is 2. The van der Waals surface area contributed by atoms with Gasteiger partial charge in [0.05, 0.1) is 0 Å². The van der Waals surface area contributed by atoms with Gasteiger partial charge < -0.3 is 9.80 Å². The van der Waals surface area contributed by atoms with Gasteiger partial charge in [0.1, 0.15) is 0 Å². The predicted molar refractivity (Wildman–Crippen MR) is 74.2 cm³/mol. The molecule has 2 heteroatoms. The Balaban J connectivity index is 1.71. The SMILES string of the molecule is C/C=C/CC1CCN(C2CCN(C)CC2)CC1.